The minimum atomic E-state index is -0.239. The number of amides is 1. The van der Waals surface area contributed by atoms with E-state index < -0.39 is 0 Å². The number of ether oxygens (including phenoxy) is 2. The van der Waals surface area contributed by atoms with Crippen LogP contribution in [0.25, 0.3) is 11.0 Å². The fourth-order valence-electron chi connectivity index (χ4n) is 3.02. The van der Waals surface area contributed by atoms with Crippen molar-refractivity contribution in [3.8, 4) is 11.5 Å². The van der Waals surface area contributed by atoms with Crippen molar-refractivity contribution in [3.05, 3.63) is 82.3 Å². The number of imidazole rings is 1. The number of fused-ring (bicyclic) bond motifs is 1. The number of hydrazone groups is 1. The standard InChI is InChI=1S/C24H21BrN4O3S/c1-31-21-8-4-5-17(23(21)32-14-16-9-11-18(25)12-10-16)13-26-29-22(30)15-33-24-27-19-6-2-3-7-20(19)28-24/h2-13H,14-15H2,1H3,(H,27,28)(H,29,30)/b26-13+. The first-order valence-electron chi connectivity index (χ1n) is 10.1. The van der Waals surface area contributed by atoms with Crippen LogP contribution in [0.4, 0.5) is 0 Å². The van der Waals surface area contributed by atoms with Gasteiger partial charge in [0.1, 0.15) is 6.61 Å². The quantitative estimate of drug-likeness (QED) is 0.179. The lowest BCUT2D eigenvalue weighted by atomic mass is 10.2. The average molecular weight is 525 g/mol. The van der Waals surface area contributed by atoms with Crippen molar-refractivity contribution in [2.24, 2.45) is 5.10 Å². The Morgan fingerprint density at radius 3 is 2.76 bits per heavy atom. The van der Waals surface area contributed by atoms with Crippen molar-refractivity contribution in [1.29, 1.82) is 0 Å². The Hall–Kier alpha value is -3.30. The molecule has 4 rings (SSSR count). The predicted molar refractivity (Wildman–Crippen MR) is 134 cm³/mol. The molecule has 0 aliphatic heterocycles. The summed E-state index contributed by atoms with van der Waals surface area (Å²) in [5.41, 5.74) is 6.06. The van der Waals surface area contributed by atoms with E-state index in [2.05, 4.69) is 36.4 Å². The zero-order chi connectivity index (χ0) is 23.0. The van der Waals surface area contributed by atoms with Crippen LogP contribution in [-0.2, 0) is 11.4 Å². The van der Waals surface area contributed by atoms with Crippen LogP contribution in [-0.4, -0.2) is 35.0 Å². The zero-order valence-corrected chi connectivity index (χ0v) is 20.2. The lowest BCUT2D eigenvalue weighted by Gasteiger charge is -2.13. The molecule has 4 aromatic rings. The van der Waals surface area contributed by atoms with Crippen LogP contribution < -0.4 is 14.9 Å². The number of rotatable bonds is 9. The minimum Gasteiger partial charge on any atom is -0.493 e. The molecule has 0 saturated heterocycles. The van der Waals surface area contributed by atoms with Crippen LogP contribution in [0.3, 0.4) is 0 Å². The Morgan fingerprint density at radius 2 is 1.97 bits per heavy atom. The molecule has 1 aromatic heterocycles. The number of halogens is 1. The summed E-state index contributed by atoms with van der Waals surface area (Å²) in [4.78, 5) is 19.9. The number of aromatic nitrogens is 2. The molecule has 0 aliphatic rings. The number of carbonyl (C=O) groups is 1. The number of nitrogens with one attached hydrogen (secondary N) is 2. The van der Waals surface area contributed by atoms with Gasteiger partial charge in [0.25, 0.3) is 5.91 Å². The maximum Gasteiger partial charge on any atom is 0.250 e. The Morgan fingerprint density at radius 1 is 1.15 bits per heavy atom. The Labute approximate surface area is 203 Å². The Balaban J connectivity index is 1.36. The molecule has 9 heteroatoms. The molecule has 0 unspecified atom stereocenters. The third-order valence-corrected chi connectivity index (χ3v) is 6.03. The molecule has 0 bridgehead atoms. The first-order chi connectivity index (χ1) is 16.1. The van der Waals surface area contributed by atoms with Crippen LogP contribution in [0.15, 0.2) is 81.5 Å². The van der Waals surface area contributed by atoms with E-state index in [-0.39, 0.29) is 11.7 Å². The van der Waals surface area contributed by atoms with Crippen LogP contribution >= 0.6 is 27.7 Å². The summed E-state index contributed by atoms with van der Waals surface area (Å²) in [6.07, 6.45) is 1.54. The van der Waals surface area contributed by atoms with Gasteiger partial charge in [0.05, 0.1) is 30.1 Å². The topological polar surface area (TPSA) is 88.6 Å². The van der Waals surface area contributed by atoms with E-state index in [1.54, 1.807) is 13.3 Å². The molecule has 1 heterocycles. The molecule has 0 spiro atoms. The normalized spacial score (nSPS) is 11.1. The Bertz CT molecular complexity index is 1240. The van der Waals surface area contributed by atoms with Crippen molar-refractivity contribution in [1.82, 2.24) is 15.4 Å². The minimum absolute atomic E-state index is 0.183. The number of H-pyrrole nitrogens is 1. The van der Waals surface area contributed by atoms with E-state index >= 15 is 0 Å². The maximum atomic E-state index is 12.2. The van der Waals surface area contributed by atoms with Crippen LogP contribution in [0.1, 0.15) is 11.1 Å². The van der Waals surface area contributed by atoms with Crippen LogP contribution in [0, 0.1) is 0 Å². The second kappa shape index (κ2) is 11.0. The highest BCUT2D eigenvalue weighted by molar-refractivity contribution is 9.10. The number of benzene rings is 3. The Kier molecular flexibility index (Phi) is 7.64. The van der Waals surface area contributed by atoms with Gasteiger partial charge in [0.2, 0.25) is 0 Å². The van der Waals surface area contributed by atoms with E-state index in [9.17, 15) is 4.79 Å². The number of aromatic amines is 1. The molecule has 0 radical (unpaired) electrons. The summed E-state index contributed by atoms with van der Waals surface area (Å²) in [6, 6.07) is 21.1. The van der Waals surface area contributed by atoms with Crippen molar-refractivity contribution in [3.63, 3.8) is 0 Å². The van der Waals surface area contributed by atoms with Gasteiger partial charge < -0.3 is 14.5 Å². The molecule has 168 valence electrons. The number of thioether (sulfide) groups is 1. The SMILES string of the molecule is COc1cccc(/C=N/NC(=O)CSc2nc3ccccc3[nH]2)c1OCc1ccc(Br)cc1. The number of nitrogens with zero attached hydrogens (tertiary/aromatic N) is 2. The highest BCUT2D eigenvalue weighted by Crippen LogP contribution is 2.31. The third kappa shape index (κ3) is 6.15. The number of para-hydroxylation sites is 3. The van der Waals surface area contributed by atoms with Gasteiger partial charge in [-0.2, -0.15) is 5.10 Å². The number of carbonyl (C=O) groups excluding carboxylic acids is 1. The molecule has 0 atom stereocenters. The van der Waals surface area contributed by atoms with Gasteiger partial charge in [-0.25, -0.2) is 10.4 Å². The first-order valence-corrected chi connectivity index (χ1v) is 11.8. The van der Waals surface area contributed by atoms with Gasteiger partial charge in [-0.05, 0) is 42.0 Å². The summed E-state index contributed by atoms with van der Waals surface area (Å²) < 4.78 is 12.5. The van der Waals surface area contributed by atoms with Crippen molar-refractivity contribution in [2.45, 2.75) is 11.8 Å². The average Bonchev–Trinajstić information content (AvgIpc) is 3.26. The molecule has 3 aromatic carbocycles. The van der Waals surface area contributed by atoms with Crippen LogP contribution in [0.2, 0.25) is 0 Å². The summed E-state index contributed by atoms with van der Waals surface area (Å²) in [5.74, 6) is 1.08. The lowest BCUT2D eigenvalue weighted by Crippen LogP contribution is -2.19. The smallest absolute Gasteiger partial charge is 0.250 e. The molecular formula is C24H21BrN4O3S. The molecule has 1 amide bonds. The van der Waals surface area contributed by atoms with E-state index in [1.165, 1.54) is 11.8 Å². The first kappa shape index (κ1) is 22.9. The van der Waals surface area contributed by atoms with Gasteiger partial charge in [0, 0.05) is 10.0 Å². The second-order valence-electron chi connectivity index (χ2n) is 6.93. The number of methoxy groups -OCH3 is 1. The molecule has 0 aliphatic carbocycles. The fraction of sp³-hybridized carbons (Fsp3) is 0.125. The lowest BCUT2D eigenvalue weighted by molar-refractivity contribution is -0.118. The van der Waals surface area contributed by atoms with E-state index in [0.29, 0.717) is 28.8 Å². The monoisotopic (exact) mass is 524 g/mol. The summed E-state index contributed by atoms with van der Waals surface area (Å²) in [6.45, 7) is 0.370. The van der Waals surface area contributed by atoms with Gasteiger partial charge in [-0.3, -0.25) is 4.79 Å². The number of hydrogen-bond acceptors (Lipinski definition) is 6. The fourth-order valence-corrected chi connectivity index (χ4v) is 3.97. The van der Waals surface area contributed by atoms with Crippen LogP contribution in [0.5, 0.6) is 11.5 Å². The predicted octanol–water partition coefficient (Wildman–Crippen LogP) is 5.16. The molecule has 7 nitrogen and oxygen atoms in total. The molecule has 33 heavy (non-hydrogen) atoms. The molecular weight excluding hydrogens is 504 g/mol. The van der Waals surface area contributed by atoms with Crippen molar-refractivity contribution < 1.29 is 14.3 Å². The summed E-state index contributed by atoms with van der Waals surface area (Å²) in [7, 11) is 1.58. The van der Waals surface area contributed by atoms with Gasteiger partial charge in [-0.1, -0.05) is 58.0 Å². The second-order valence-corrected chi connectivity index (χ2v) is 8.81. The molecule has 2 N–H and O–H groups in total. The third-order valence-electron chi connectivity index (χ3n) is 4.63. The van der Waals surface area contributed by atoms with E-state index in [1.807, 2.05) is 66.7 Å². The maximum absolute atomic E-state index is 12.2. The molecule has 0 fully saturated rings. The zero-order valence-electron chi connectivity index (χ0n) is 17.7. The van der Waals surface area contributed by atoms with Crippen molar-refractivity contribution >= 4 is 50.8 Å². The largest absolute Gasteiger partial charge is 0.493 e. The number of hydrogen-bond donors (Lipinski definition) is 2. The summed E-state index contributed by atoms with van der Waals surface area (Å²) >= 11 is 4.74. The van der Waals surface area contributed by atoms with Gasteiger partial charge in [0.15, 0.2) is 16.7 Å². The highest BCUT2D eigenvalue weighted by atomic mass is 79.9. The van der Waals surface area contributed by atoms with Gasteiger partial charge >= 0.3 is 0 Å². The van der Waals surface area contributed by atoms with E-state index in [0.717, 1.165) is 21.1 Å². The van der Waals surface area contributed by atoms with E-state index in [4.69, 9.17) is 9.47 Å². The summed E-state index contributed by atoms with van der Waals surface area (Å²) in [5, 5.41) is 4.78. The van der Waals surface area contributed by atoms with Gasteiger partial charge in [-0.15, -0.1) is 0 Å². The highest BCUT2D eigenvalue weighted by Gasteiger charge is 2.10. The van der Waals surface area contributed by atoms with Crippen molar-refractivity contribution in [2.75, 3.05) is 12.9 Å². The molecule has 0 saturated carbocycles.